The van der Waals surface area contributed by atoms with Crippen molar-refractivity contribution >= 4 is 61.5 Å². The number of hydrogen-bond donors (Lipinski definition) is 0. The van der Waals surface area contributed by atoms with Crippen molar-refractivity contribution in [3.05, 3.63) is 145 Å². The number of aromatic nitrogens is 3. The first-order valence-corrected chi connectivity index (χ1v) is 23.6. The molecule has 8 aromatic rings. The maximum Gasteiger partial charge on any atom is 0.296 e. The molecule has 3 nitrogen and oxygen atoms in total. The van der Waals surface area contributed by atoms with Crippen LogP contribution < -0.4 is 14.3 Å². The number of aryl methyl sites for hydroxylation is 2. The Bertz CT molecular complexity index is 2820. The summed E-state index contributed by atoms with van der Waals surface area (Å²) in [6.45, 7) is 15.4. The minimum atomic E-state index is -1.60. The first-order chi connectivity index (χ1) is 26.2. The highest BCUT2D eigenvalue weighted by Gasteiger charge is 2.44. The van der Waals surface area contributed by atoms with Crippen molar-refractivity contribution in [3.63, 3.8) is 0 Å². The number of thiophene rings is 1. The van der Waals surface area contributed by atoms with E-state index in [0.717, 1.165) is 37.1 Å². The van der Waals surface area contributed by atoms with E-state index in [1.54, 1.807) is 12.1 Å². The predicted octanol–water partition coefficient (Wildman–Crippen LogP) is 11.4. The second-order valence-electron chi connectivity index (χ2n) is 16.2. The van der Waals surface area contributed by atoms with E-state index in [-0.39, 0.29) is 17.8 Å². The molecule has 2 aliphatic heterocycles. The molecule has 2 aliphatic rings. The lowest BCUT2D eigenvalue weighted by atomic mass is 9.77. The monoisotopic (exact) mass is 741 g/mol. The number of fused-ring (bicyclic) bond motifs is 15. The molecule has 0 spiro atoms. The zero-order valence-electron chi connectivity index (χ0n) is 31.4. The van der Waals surface area contributed by atoms with Gasteiger partial charge < -0.3 is 0 Å². The van der Waals surface area contributed by atoms with Gasteiger partial charge in [0.25, 0.3) is 5.82 Å². The van der Waals surface area contributed by atoms with Gasteiger partial charge in [-0.3, -0.25) is 0 Å². The molecule has 0 N–H and O–H groups in total. The third-order valence-electron chi connectivity index (χ3n) is 12.1. The van der Waals surface area contributed by atoms with Gasteiger partial charge in [0.1, 0.15) is 11.5 Å². The van der Waals surface area contributed by atoms with Gasteiger partial charge in [0.05, 0.1) is 31.3 Å². The number of benzene rings is 5. The van der Waals surface area contributed by atoms with E-state index in [0.29, 0.717) is 0 Å². The Morgan fingerprint density at radius 1 is 0.870 bits per heavy atom. The lowest BCUT2D eigenvalue weighted by Gasteiger charge is -2.32. The van der Waals surface area contributed by atoms with Crippen LogP contribution in [0.1, 0.15) is 42.9 Å². The average molecular weight is 742 g/mol. The zero-order chi connectivity index (χ0) is 36.9. The highest BCUT2D eigenvalue weighted by atomic mass is 32.1. The molecule has 2 atom stereocenters. The minimum absolute atomic E-state index is 0.203. The van der Waals surface area contributed by atoms with Crippen molar-refractivity contribution in [1.82, 2.24) is 4.57 Å². The van der Waals surface area contributed by atoms with Gasteiger partial charge >= 0.3 is 0 Å². The predicted molar refractivity (Wildman–Crippen MR) is 227 cm³/mol. The molecule has 6 heteroatoms. The SMILES string of the molecule is C=C1CC2C(CCc3cc(-c4ccc(F)cc4)c4c(sc5ccccc54)c3-c3n(CC)c4ccccc4[n+]31)c1ccccc1-c1ccc([Si](C)(C)C)c[n+]12. The first-order valence-electron chi connectivity index (χ1n) is 19.3. The van der Waals surface area contributed by atoms with Gasteiger partial charge in [0.2, 0.25) is 5.69 Å². The van der Waals surface area contributed by atoms with E-state index in [1.165, 1.54) is 75.7 Å². The summed E-state index contributed by atoms with van der Waals surface area (Å²) in [4.78, 5) is 0. The zero-order valence-corrected chi connectivity index (χ0v) is 33.2. The van der Waals surface area contributed by atoms with Gasteiger partial charge in [0.15, 0.2) is 23.3 Å². The molecule has 5 aromatic carbocycles. The number of hydrogen-bond acceptors (Lipinski definition) is 1. The fourth-order valence-electron chi connectivity index (χ4n) is 9.52. The van der Waals surface area contributed by atoms with Crippen LogP contribution in [0.2, 0.25) is 19.6 Å². The van der Waals surface area contributed by atoms with E-state index < -0.39 is 8.07 Å². The van der Waals surface area contributed by atoms with Crippen LogP contribution in [0.3, 0.4) is 0 Å². The van der Waals surface area contributed by atoms with Crippen molar-refractivity contribution in [2.75, 3.05) is 0 Å². The van der Waals surface area contributed by atoms with Crippen LogP contribution >= 0.6 is 11.3 Å². The summed E-state index contributed by atoms with van der Waals surface area (Å²) in [5.41, 5.74) is 12.4. The summed E-state index contributed by atoms with van der Waals surface area (Å²) in [6, 6.07) is 41.3. The molecule has 0 saturated carbocycles. The average Bonchev–Trinajstić information content (AvgIpc) is 3.73. The van der Waals surface area contributed by atoms with E-state index in [1.807, 2.05) is 23.5 Å². The maximum atomic E-state index is 14.4. The van der Waals surface area contributed by atoms with E-state index >= 15 is 0 Å². The fraction of sp³-hybridized carbons (Fsp3) is 0.208. The van der Waals surface area contributed by atoms with E-state index in [9.17, 15) is 4.39 Å². The molecular formula is C48H44FN3SSi+2. The maximum absolute atomic E-state index is 14.4. The Labute approximate surface area is 321 Å². The van der Waals surface area contributed by atoms with Gasteiger partial charge in [-0.1, -0.05) is 93.0 Å². The van der Waals surface area contributed by atoms with Crippen molar-refractivity contribution in [1.29, 1.82) is 0 Å². The Hall–Kier alpha value is -5.17. The van der Waals surface area contributed by atoms with Crippen LogP contribution in [0.15, 0.2) is 128 Å². The van der Waals surface area contributed by atoms with Gasteiger partial charge in [-0.05, 0) is 84.5 Å². The van der Waals surface area contributed by atoms with Crippen molar-refractivity contribution < 1.29 is 13.5 Å². The number of imidazole rings is 1. The topological polar surface area (TPSA) is 12.7 Å². The number of allylic oxidation sites excluding steroid dienone is 1. The molecule has 266 valence electrons. The molecule has 5 heterocycles. The van der Waals surface area contributed by atoms with Gasteiger partial charge in [-0.25, -0.2) is 8.96 Å². The number of para-hydroxylation sites is 2. The summed E-state index contributed by atoms with van der Waals surface area (Å²) in [5.74, 6) is 1.28. The molecule has 0 radical (unpaired) electrons. The van der Waals surface area contributed by atoms with Crippen LogP contribution in [0.4, 0.5) is 4.39 Å². The van der Waals surface area contributed by atoms with Crippen molar-refractivity contribution in [3.8, 4) is 33.8 Å². The molecule has 0 saturated heterocycles. The summed E-state index contributed by atoms with van der Waals surface area (Å²) in [7, 11) is -1.60. The van der Waals surface area contributed by atoms with Crippen molar-refractivity contribution in [2.45, 2.75) is 64.3 Å². The second kappa shape index (κ2) is 12.4. The number of rotatable bonds is 3. The third kappa shape index (κ3) is 5.03. The largest absolute Gasteiger partial charge is 0.296 e. The van der Waals surface area contributed by atoms with Gasteiger partial charge in [0, 0.05) is 38.2 Å². The highest BCUT2D eigenvalue weighted by Crippen LogP contribution is 2.49. The molecule has 10 rings (SSSR count). The Morgan fingerprint density at radius 3 is 2.44 bits per heavy atom. The molecule has 0 fully saturated rings. The Balaban J connectivity index is 1.31. The smallest absolute Gasteiger partial charge is 0.223 e. The molecule has 0 bridgehead atoms. The molecule has 3 aromatic heterocycles. The van der Waals surface area contributed by atoms with Gasteiger partial charge in [-0.15, -0.1) is 11.3 Å². The van der Waals surface area contributed by atoms with Crippen LogP contribution in [-0.4, -0.2) is 12.6 Å². The van der Waals surface area contributed by atoms with Crippen LogP contribution in [0.25, 0.3) is 70.7 Å². The molecule has 54 heavy (non-hydrogen) atoms. The highest BCUT2D eigenvalue weighted by molar-refractivity contribution is 7.26. The fourth-order valence-corrected chi connectivity index (χ4v) is 11.9. The normalized spacial score (nSPS) is 16.9. The standard InChI is InChI=1S/C48H44FN3SSi/c1-6-50-41-16-10-11-17-42(41)52-30(2)27-43-37(35-13-7-8-14-36(35)40-26-24-34(29-51(40)43)54(3,4)5)25-21-32-28-39(31-19-22-33(49)23-20-31)46-38-15-9-12-18-44(38)53-47(46)45(32)48(50)52/h7-20,22-24,26,28-29,37,43H,2,6,21,25,27H2,1,3-5H3/q+2. The van der Waals surface area contributed by atoms with Crippen LogP contribution in [0.5, 0.6) is 0 Å². The summed E-state index contributed by atoms with van der Waals surface area (Å²) < 4.78 is 24.6. The first kappa shape index (κ1) is 33.4. The lowest BCUT2D eigenvalue weighted by Crippen LogP contribution is -2.53. The van der Waals surface area contributed by atoms with Gasteiger partial charge in [-0.2, -0.15) is 9.13 Å². The quantitative estimate of drug-likeness (QED) is 0.126. The minimum Gasteiger partial charge on any atom is -0.223 e. The number of halogens is 1. The Morgan fingerprint density at radius 2 is 1.63 bits per heavy atom. The number of nitrogens with zero attached hydrogens (tertiary/aromatic N) is 3. The Kier molecular flexibility index (Phi) is 7.69. The van der Waals surface area contributed by atoms with Crippen LogP contribution in [-0.2, 0) is 13.0 Å². The molecule has 0 aliphatic carbocycles. The number of pyridine rings is 1. The molecule has 2 unspecified atom stereocenters. The lowest BCUT2D eigenvalue weighted by molar-refractivity contribution is -0.719. The van der Waals surface area contributed by atoms with Crippen LogP contribution in [0, 0.1) is 5.82 Å². The summed E-state index contributed by atoms with van der Waals surface area (Å²) in [6.07, 6.45) is 5.23. The second-order valence-corrected chi connectivity index (χ2v) is 22.3. The van der Waals surface area contributed by atoms with E-state index in [2.05, 4.69) is 137 Å². The summed E-state index contributed by atoms with van der Waals surface area (Å²) >= 11 is 1.89. The van der Waals surface area contributed by atoms with Crippen molar-refractivity contribution in [2.24, 2.45) is 0 Å². The summed E-state index contributed by atoms with van der Waals surface area (Å²) in [5, 5.41) is 3.96. The van der Waals surface area contributed by atoms with E-state index in [4.69, 9.17) is 6.58 Å². The third-order valence-corrected chi connectivity index (χ3v) is 15.3. The molecular weight excluding hydrogens is 698 g/mol. The molecule has 0 amide bonds.